The minimum Gasteiger partial charge on any atom is -0.341 e. The molecular formula is C11H18N4O3S. The molecule has 106 valence electrons. The van der Waals surface area contributed by atoms with E-state index in [4.69, 9.17) is 0 Å². The number of hydrogen-bond donors (Lipinski definition) is 1. The lowest BCUT2D eigenvalue weighted by Gasteiger charge is -2.16. The molecule has 1 N–H and O–H groups in total. The Morgan fingerprint density at radius 3 is 2.89 bits per heavy atom. The number of hydrogen-bond acceptors (Lipinski definition) is 4. The van der Waals surface area contributed by atoms with Gasteiger partial charge in [-0.1, -0.05) is 6.92 Å². The SMILES string of the molecule is CCC(=O)N1CCC(NS(=O)(=O)c2ccnn2C)C1. The molecule has 0 aromatic carbocycles. The first-order chi connectivity index (χ1) is 8.94. The van der Waals surface area contributed by atoms with Crippen molar-refractivity contribution in [3.05, 3.63) is 12.3 Å². The number of nitrogens with one attached hydrogen (secondary N) is 1. The van der Waals surface area contributed by atoms with E-state index < -0.39 is 10.0 Å². The summed E-state index contributed by atoms with van der Waals surface area (Å²) in [5.74, 6) is 0.0576. The Morgan fingerprint density at radius 2 is 2.32 bits per heavy atom. The Morgan fingerprint density at radius 1 is 1.58 bits per heavy atom. The summed E-state index contributed by atoms with van der Waals surface area (Å²) in [5.41, 5.74) is 0. The normalized spacial score (nSPS) is 19.9. The van der Waals surface area contributed by atoms with Crippen LogP contribution in [0.3, 0.4) is 0 Å². The molecule has 1 aromatic rings. The molecule has 0 spiro atoms. The highest BCUT2D eigenvalue weighted by atomic mass is 32.2. The number of aryl methyl sites for hydroxylation is 1. The van der Waals surface area contributed by atoms with E-state index in [0.717, 1.165) is 0 Å². The number of likely N-dealkylation sites (tertiary alicyclic amines) is 1. The number of rotatable bonds is 4. The van der Waals surface area contributed by atoms with Crippen LogP contribution in [-0.2, 0) is 21.9 Å². The average molecular weight is 286 g/mol. The lowest BCUT2D eigenvalue weighted by Crippen LogP contribution is -2.38. The third-order valence-electron chi connectivity index (χ3n) is 3.22. The Bertz CT molecular complexity index is 566. The van der Waals surface area contributed by atoms with Gasteiger partial charge in [0.1, 0.15) is 0 Å². The molecule has 2 heterocycles. The average Bonchev–Trinajstić information content (AvgIpc) is 2.96. The van der Waals surface area contributed by atoms with Gasteiger partial charge in [0, 0.05) is 32.6 Å². The lowest BCUT2D eigenvalue weighted by atomic mass is 10.3. The van der Waals surface area contributed by atoms with Crippen LogP contribution in [0.4, 0.5) is 0 Å². The lowest BCUT2D eigenvalue weighted by molar-refractivity contribution is -0.129. The van der Waals surface area contributed by atoms with E-state index >= 15 is 0 Å². The predicted octanol–water partition coefficient (Wildman–Crippen LogP) is -0.291. The number of amides is 1. The van der Waals surface area contributed by atoms with Crippen molar-refractivity contribution in [1.82, 2.24) is 19.4 Å². The summed E-state index contributed by atoms with van der Waals surface area (Å²) in [5, 5.41) is 3.98. The highest BCUT2D eigenvalue weighted by Crippen LogP contribution is 2.14. The number of carbonyl (C=O) groups is 1. The molecule has 2 rings (SSSR count). The molecule has 1 unspecified atom stereocenters. The molecular weight excluding hydrogens is 268 g/mol. The highest BCUT2D eigenvalue weighted by Gasteiger charge is 2.30. The van der Waals surface area contributed by atoms with Gasteiger partial charge in [-0.25, -0.2) is 13.1 Å². The van der Waals surface area contributed by atoms with Gasteiger partial charge in [-0.2, -0.15) is 5.10 Å². The minimum absolute atomic E-state index is 0.0576. The van der Waals surface area contributed by atoms with Crippen LogP contribution in [0.5, 0.6) is 0 Å². The van der Waals surface area contributed by atoms with Crippen LogP contribution in [0, 0.1) is 0 Å². The molecule has 0 aliphatic carbocycles. The van der Waals surface area contributed by atoms with E-state index in [2.05, 4.69) is 9.82 Å². The van der Waals surface area contributed by atoms with Crippen molar-refractivity contribution in [2.24, 2.45) is 7.05 Å². The van der Waals surface area contributed by atoms with Gasteiger partial charge < -0.3 is 4.90 Å². The third kappa shape index (κ3) is 2.95. The van der Waals surface area contributed by atoms with Gasteiger partial charge in [0.15, 0.2) is 5.03 Å². The van der Waals surface area contributed by atoms with E-state index in [1.165, 1.54) is 16.9 Å². The second kappa shape index (κ2) is 5.30. The van der Waals surface area contributed by atoms with Gasteiger partial charge in [-0.15, -0.1) is 0 Å². The van der Waals surface area contributed by atoms with E-state index in [0.29, 0.717) is 25.9 Å². The van der Waals surface area contributed by atoms with Gasteiger partial charge in [0.2, 0.25) is 5.91 Å². The smallest absolute Gasteiger partial charge is 0.258 e. The molecule has 0 radical (unpaired) electrons. The number of sulfonamides is 1. The molecule has 7 nitrogen and oxygen atoms in total. The Hall–Kier alpha value is -1.41. The van der Waals surface area contributed by atoms with Crippen LogP contribution in [0.25, 0.3) is 0 Å². The van der Waals surface area contributed by atoms with E-state index in [9.17, 15) is 13.2 Å². The molecule has 1 atom stereocenters. The second-order valence-corrected chi connectivity index (χ2v) is 6.25. The molecule has 1 aliphatic heterocycles. The molecule has 1 aromatic heterocycles. The maximum atomic E-state index is 12.1. The number of aromatic nitrogens is 2. The quantitative estimate of drug-likeness (QED) is 0.824. The van der Waals surface area contributed by atoms with Crippen LogP contribution in [0.15, 0.2) is 17.3 Å². The van der Waals surface area contributed by atoms with Gasteiger partial charge in [-0.05, 0) is 12.5 Å². The van der Waals surface area contributed by atoms with Crippen LogP contribution < -0.4 is 4.72 Å². The Kier molecular flexibility index (Phi) is 3.91. The molecule has 0 saturated carbocycles. The summed E-state index contributed by atoms with van der Waals surface area (Å²) in [4.78, 5) is 13.2. The zero-order valence-electron chi connectivity index (χ0n) is 11.0. The van der Waals surface area contributed by atoms with Crippen molar-refractivity contribution in [2.75, 3.05) is 13.1 Å². The van der Waals surface area contributed by atoms with Crippen molar-refractivity contribution in [1.29, 1.82) is 0 Å². The van der Waals surface area contributed by atoms with Crippen molar-refractivity contribution in [3.8, 4) is 0 Å². The fourth-order valence-electron chi connectivity index (χ4n) is 2.21. The minimum atomic E-state index is -3.57. The first-order valence-corrected chi connectivity index (χ1v) is 7.70. The molecule has 1 aliphatic rings. The maximum absolute atomic E-state index is 12.1. The number of carbonyl (C=O) groups excluding carboxylic acids is 1. The Labute approximate surface area is 112 Å². The molecule has 1 amide bonds. The molecule has 8 heteroatoms. The second-order valence-electron chi connectivity index (χ2n) is 4.59. The van der Waals surface area contributed by atoms with Crippen LogP contribution >= 0.6 is 0 Å². The highest BCUT2D eigenvalue weighted by molar-refractivity contribution is 7.89. The van der Waals surface area contributed by atoms with Gasteiger partial charge in [0.05, 0.1) is 6.20 Å². The standard InChI is InChI=1S/C11H18N4O3S/c1-3-10(16)15-7-5-9(8-15)13-19(17,18)11-4-6-12-14(11)2/h4,6,9,13H,3,5,7-8H2,1-2H3. The summed E-state index contributed by atoms with van der Waals surface area (Å²) >= 11 is 0. The van der Waals surface area contributed by atoms with Gasteiger partial charge in [0.25, 0.3) is 10.0 Å². The fourth-order valence-corrected chi connectivity index (χ4v) is 3.60. The van der Waals surface area contributed by atoms with Crippen molar-refractivity contribution in [2.45, 2.75) is 30.8 Å². The molecule has 1 saturated heterocycles. The first kappa shape index (κ1) is 14.0. The monoisotopic (exact) mass is 286 g/mol. The summed E-state index contributed by atoms with van der Waals surface area (Å²) in [7, 11) is -1.99. The first-order valence-electron chi connectivity index (χ1n) is 6.22. The zero-order valence-corrected chi connectivity index (χ0v) is 11.9. The van der Waals surface area contributed by atoms with Crippen molar-refractivity contribution >= 4 is 15.9 Å². The van der Waals surface area contributed by atoms with Gasteiger partial charge >= 0.3 is 0 Å². The topological polar surface area (TPSA) is 84.3 Å². The largest absolute Gasteiger partial charge is 0.341 e. The van der Waals surface area contributed by atoms with Crippen LogP contribution in [0.1, 0.15) is 19.8 Å². The summed E-state index contributed by atoms with van der Waals surface area (Å²) in [6.07, 6.45) is 2.53. The van der Waals surface area contributed by atoms with E-state index in [-0.39, 0.29) is 17.0 Å². The fraction of sp³-hybridized carbons (Fsp3) is 0.636. The molecule has 19 heavy (non-hydrogen) atoms. The maximum Gasteiger partial charge on any atom is 0.258 e. The van der Waals surface area contributed by atoms with Crippen LogP contribution in [-0.4, -0.2) is 48.1 Å². The zero-order chi connectivity index (χ0) is 14.0. The van der Waals surface area contributed by atoms with Crippen molar-refractivity contribution in [3.63, 3.8) is 0 Å². The summed E-state index contributed by atoms with van der Waals surface area (Å²) < 4.78 is 28.2. The summed E-state index contributed by atoms with van der Waals surface area (Å²) in [6.45, 7) is 2.84. The Balaban J connectivity index is 2.03. The molecule has 0 bridgehead atoms. The van der Waals surface area contributed by atoms with Gasteiger partial charge in [-0.3, -0.25) is 9.48 Å². The third-order valence-corrected chi connectivity index (χ3v) is 4.81. The predicted molar refractivity (Wildman–Crippen MR) is 68.8 cm³/mol. The van der Waals surface area contributed by atoms with Crippen molar-refractivity contribution < 1.29 is 13.2 Å². The number of nitrogens with zero attached hydrogens (tertiary/aromatic N) is 3. The van der Waals surface area contributed by atoms with Crippen LogP contribution in [0.2, 0.25) is 0 Å². The van der Waals surface area contributed by atoms with E-state index in [1.54, 1.807) is 18.9 Å². The van der Waals surface area contributed by atoms with E-state index in [1.807, 2.05) is 0 Å². The molecule has 1 fully saturated rings. The summed E-state index contributed by atoms with van der Waals surface area (Å²) in [6, 6.07) is 1.22.